The lowest BCUT2D eigenvalue weighted by molar-refractivity contribution is 0.0699. The summed E-state index contributed by atoms with van der Waals surface area (Å²) >= 11 is 12.0. The van der Waals surface area contributed by atoms with Gasteiger partial charge in [-0.2, -0.15) is 17.0 Å². The van der Waals surface area contributed by atoms with Gasteiger partial charge in [-0.3, -0.25) is 0 Å². The van der Waals surface area contributed by atoms with Crippen molar-refractivity contribution in [1.82, 2.24) is 8.61 Å². The maximum absolute atomic E-state index is 12.9. The highest BCUT2D eigenvalue weighted by Gasteiger charge is 2.39. The van der Waals surface area contributed by atoms with E-state index in [-0.39, 0.29) is 6.04 Å². The van der Waals surface area contributed by atoms with E-state index < -0.39 is 10.2 Å². The average molecular weight is 365 g/mol. The van der Waals surface area contributed by atoms with E-state index in [9.17, 15) is 8.42 Å². The predicted molar refractivity (Wildman–Crippen MR) is 86.5 cm³/mol. The van der Waals surface area contributed by atoms with Crippen LogP contribution >= 0.6 is 23.2 Å². The van der Waals surface area contributed by atoms with Crippen molar-refractivity contribution in [2.24, 2.45) is 0 Å². The van der Waals surface area contributed by atoms with Gasteiger partial charge in [-0.15, -0.1) is 0 Å². The van der Waals surface area contributed by atoms with Crippen molar-refractivity contribution in [2.75, 3.05) is 32.8 Å². The van der Waals surface area contributed by atoms with Gasteiger partial charge in [0, 0.05) is 19.6 Å². The zero-order chi connectivity index (χ0) is 15.7. The summed E-state index contributed by atoms with van der Waals surface area (Å²) in [7, 11) is -3.47. The largest absolute Gasteiger partial charge is 0.379 e. The third kappa shape index (κ3) is 3.13. The highest BCUT2D eigenvalue weighted by atomic mass is 35.5. The third-order valence-corrected chi connectivity index (χ3v) is 6.91. The van der Waals surface area contributed by atoms with Gasteiger partial charge in [-0.05, 0) is 30.5 Å². The van der Waals surface area contributed by atoms with Gasteiger partial charge in [-0.25, -0.2) is 0 Å². The van der Waals surface area contributed by atoms with Crippen LogP contribution in [0.25, 0.3) is 0 Å². The standard InChI is InChI=1S/C14H18Cl2N2O3S/c15-12-4-3-11(10-13(12)16)14-2-1-5-18(14)22(19,20)17-6-8-21-9-7-17/h3-4,10,14H,1-2,5-9H2/t14-/m0/s1. The van der Waals surface area contributed by atoms with Crippen LogP contribution in [0.4, 0.5) is 0 Å². The fourth-order valence-corrected chi connectivity index (χ4v) is 5.12. The van der Waals surface area contributed by atoms with Gasteiger partial charge in [0.1, 0.15) is 0 Å². The average Bonchev–Trinajstić information content (AvgIpc) is 3.01. The summed E-state index contributed by atoms with van der Waals surface area (Å²) in [5, 5.41) is 0.931. The second kappa shape index (κ2) is 6.63. The fraction of sp³-hybridized carbons (Fsp3) is 0.571. The Hall–Kier alpha value is -0.370. The number of morpholine rings is 1. The molecule has 8 heteroatoms. The van der Waals surface area contributed by atoms with Crippen molar-refractivity contribution in [3.05, 3.63) is 33.8 Å². The van der Waals surface area contributed by atoms with Crippen molar-refractivity contribution in [3.8, 4) is 0 Å². The van der Waals surface area contributed by atoms with E-state index >= 15 is 0 Å². The molecule has 22 heavy (non-hydrogen) atoms. The molecule has 0 unspecified atom stereocenters. The van der Waals surface area contributed by atoms with Crippen molar-refractivity contribution in [1.29, 1.82) is 0 Å². The minimum Gasteiger partial charge on any atom is -0.379 e. The highest BCUT2D eigenvalue weighted by Crippen LogP contribution is 2.37. The summed E-state index contributed by atoms with van der Waals surface area (Å²) in [5.41, 5.74) is 0.892. The molecule has 0 radical (unpaired) electrons. The lowest BCUT2D eigenvalue weighted by Gasteiger charge is -2.33. The first-order chi connectivity index (χ1) is 10.5. The number of benzene rings is 1. The Balaban J connectivity index is 1.87. The Bertz CT molecular complexity index is 647. The van der Waals surface area contributed by atoms with Crippen LogP contribution in [0.3, 0.4) is 0 Å². The second-order valence-corrected chi connectivity index (χ2v) is 8.16. The minimum absolute atomic E-state index is 0.178. The molecule has 3 rings (SSSR count). The lowest BCUT2D eigenvalue weighted by Crippen LogP contribution is -2.48. The van der Waals surface area contributed by atoms with E-state index in [1.807, 2.05) is 6.07 Å². The SMILES string of the molecule is O=S(=O)(N1CCOCC1)N1CCC[C@H]1c1ccc(Cl)c(Cl)c1. The fourth-order valence-electron chi connectivity index (χ4n) is 2.99. The lowest BCUT2D eigenvalue weighted by atomic mass is 10.1. The topological polar surface area (TPSA) is 49.9 Å². The number of halogens is 2. The molecule has 0 bridgehead atoms. The Kier molecular flexibility index (Phi) is 4.97. The first-order valence-electron chi connectivity index (χ1n) is 7.30. The number of hydrogen-bond acceptors (Lipinski definition) is 3. The first-order valence-corrected chi connectivity index (χ1v) is 9.45. The molecule has 2 fully saturated rings. The first kappa shape index (κ1) is 16.5. The molecule has 2 heterocycles. The van der Waals surface area contributed by atoms with Crippen molar-refractivity contribution >= 4 is 33.4 Å². The molecule has 122 valence electrons. The maximum Gasteiger partial charge on any atom is 0.282 e. The summed E-state index contributed by atoms with van der Waals surface area (Å²) in [4.78, 5) is 0. The van der Waals surface area contributed by atoms with Gasteiger partial charge >= 0.3 is 0 Å². The Morgan fingerprint density at radius 2 is 1.82 bits per heavy atom. The van der Waals surface area contributed by atoms with Crippen LogP contribution in [-0.2, 0) is 14.9 Å². The molecule has 0 aromatic heterocycles. The van der Waals surface area contributed by atoms with Crippen LogP contribution in [0.15, 0.2) is 18.2 Å². The Morgan fingerprint density at radius 1 is 1.09 bits per heavy atom. The summed E-state index contributed by atoms with van der Waals surface area (Å²) < 4.78 is 34.1. The van der Waals surface area contributed by atoms with Gasteiger partial charge in [0.05, 0.1) is 29.3 Å². The van der Waals surface area contributed by atoms with Crippen molar-refractivity contribution < 1.29 is 13.2 Å². The van der Waals surface area contributed by atoms with E-state index in [4.69, 9.17) is 27.9 Å². The van der Waals surface area contributed by atoms with Crippen molar-refractivity contribution in [3.63, 3.8) is 0 Å². The van der Waals surface area contributed by atoms with E-state index in [2.05, 4.69) is 0 Å². The number of rotatable bonds is 3. The predicted octanol–water partition coefficient (Wildman–Crippen LogP) is 2.71. The number of ether oxygens (including phenoxy) is 1. The summed E-state index contributed by atoms with van der Waals surface area (Å²) in [5.74, 6) is 0. The van der Waals surface area contributed by atoms with Gasteiger partial charge in [0.15, 0.2) is 0 Å². The zero-order valence-electron chi connectivity index (χ0n) is 12.0. The van der Waals surface area contributed by atoms with Crippen LogP contribution in [0.2, 0.25) is 10.0 Å². The highest BCUT2D eigenvalue weighted by molar-refractivity contribution is 7.86. The summed E-state index contributed by atoms with van der Waals surface area (Å²) in [6.07, 6.45) is 1.63. The van der Waals surface area contributed by atoms with E-state index in [0.29, 0.717) is 42.9 Å². The zero-order valence-corrected chi connectivity index (χ0v) is 14.4. The van der Waals surface area contributed by atoms with Crippen LogP contribution < -0.4 is 0 Å². The molecule has 0 saturated carbocycles. The molecule has 5 nitrogen and oxygen atoms in total. The van der Waals surface area contributed by atoms with Crippen LogP contribution in [0, 0.1) is 0 Å². The minimum atomic E-state index is -3.47. The van der Waals surface area contributed by atoms with Crippen molar-refractivity contribution in [2.45, 2.75) is 18.9 Å². The third-order valence-electron chi connectivity index (χ3n) is 4.12. The van der Waals surface area contributed by atoms with E-state index in [1.165, 1.54) is 4.31 Å². The molecule has 0 amide bonds. The van der Waals surface area contributed by atoms with E-state index in [1.54, 1.807) is 16.4 Å². The quantitative estimate of drug-likeness (QED) is 0.828. The van der Waals surface area contributed by atoms with Gasteiger partial charge in [0.2, 0.25) is 0 Å². The maximum atomic E-state index is 12.9. The molecule has 0 spiro atoms. The molecule has 2 saturated heterocycles. The monoisotopic (exact) mass is 364 g/mol. The molecule has 1 aromatic rings. The van der Waals surface area contributed by atoms with Crippen LogP contribution in [0.1, 0.15) is 24.4 Å². The number of hydrogen-bond donors (Lipinski definition) is 0. The summed E-state index contributed by atoms with van der Waals surface area (Å²) in [6, 6.07) is 5.16. The van der Waals surface area contributed by atoms with Gasteiger partial charge < -0.3 is 4.74 Å². The smallest absolute Gasteiger partial charge is 0.282 e. The van der Waals surface area contributed by atoms with Gasteiger partial charge in [-0.1, -0.05) is 29.3 Å². The molecular formula is C14H18Cl2N2O3S. The van der Waals surface area contributed by atoms with Crippen LogP contribution in [0.5, 0.6) is 0 Å². The normalized spacial score (nSPS) is 24.7. The second-order valence-electron chi connectivity index (χ2n) is 5.46. The molecule has 1 aromatic carbocycles. The van der Waals surface area contributed by atoms with E-state index in [0.717, 1.165) is 18.4 Å². The van der Waals surface area contributed by atoms with Crippen LogP contribution in [-0.4, -0.2) is 49.9 Å². The molecule has 0 aliphatic carbocycles. The molecule has 2 aliphatic heterocycles. The molecule has 2 aliphatic rings. The number of nitrogens with zero attached hydrogens (tertiary/aromatic N) is 2. The Labute approximate surface area is 140 Å². The molecule has 0 N–H and O–H groups in total. The van der Waals surface area contributed by atoms with Gasteiger partial charge in [0.25, 0.3) is 10.2 Å². The molecule has 1 atom stereocenters. The summed E-state index contributed by atoms with van der Waals surface area (Å²) in [6.45, 7) is 2.25. The Morgan fingerprint density at radius 3 is 2.50 bits per heavy atom. The molecular weight excluding hydrogens is 347 g/mol.